The maximum Gasteiger partial charge on any atom is 0.327 e. The lowest BCUT2D eigenvalue weighted by molar-refractivity contribution is -0.129. The molecule has 114 valence electrons. The normalized spacial score (nSPS) is 17.9. The predicted octanol–water partition coefficient (Wildman–Crippen LogP) is 0.509. The molecule has 0 bridgehead atoms. The van der Waals surface area contributed by atoms with Crippen LogP contribution in [0.1, 0.15) is 30.0 Å². The summed E-state index contributed by atoms with van der Waals surface area (Å²) < 4.78 is 0. The van der Waals surface area contributed by atoms with Crippen LogP contribution in [0.4, 0.5) is 5.82 Å². The molecule has 1 amide bonds. The van der Waals surface area contributed by atoms with Gasteiger partial charge in [0.25, 0.3) is 5.56 Å². The lowest BCUT2D eigenvalue weighted by Gasteiger charge is -2.25. The first-order chi connectivity index (χ1) is 10.6. The molecule has 7 heteroatoms. The number of aromatic nitrogens is 2. The number of H-pyrrole nitrogens is 2. The van der Waals surface area contributed by atoms with Crippen molar-refractivity contribution in [3.05, 3.63) is 62.3 Å². The molecule has 4 N–H and O–H groups in total. The van der Waals surface area contributed by atoms with Crippen LogP contribution in [0.2, 0.25) is 0 Å². The van der Waals surface area contributed by atoms with Crippen molar-refractivity contribution in [3.8, 4) is 0 Å². The summed E-state index contributed by atoms with van der Waals surface area (Å²) in [6, 6.07) is 9.11. The van der Waals surface area contributed by atoms with Gasteiger partial charge < -0.3 is 10.6 Å². The van der Waals surface area contributed by atoms with Crippen LogP contribution in [0.5, 0.6) is 0 Å². The molecule has 7 nitrogen and oxygen atoms in total. The van der Waals surface area contributed by atoms with Crippen molar-refractivity contribution in [1.29, 1.82) is 0 Å². The fourth-order valence-electron chi connectivity index (χ4n) is 2.86. The number of nitrogens with zero attached hydrogens (tertiary/aromatic N) is 1. The summed E-state index contributed by atoms with van der Waals surface area (Å²) in [5.41, 5.74) is 5.82. The first-order valence-corrected chi connectivity index (χ1v) is 7.01. The van der Waals surface area contributed by atoms with E-state index < -0.39 is 17.3 Å². The summed E-state index contributed by atoms with van der Waals surface area (Å²) in [5, 5.41) is 0. The van der Waals surface area contributed by atoms with Gasteiger partial charge in [-0.05, 0) is 12.0 Å². The molecule has 1 aliphatic heterocycles. The number of nitrogen functional groups attached to an aromatic ring is 1. The van der Waals surface area contributed by atoms with E-state index in [4.69, 9.17) is 5.73 Å². The third-order valence-electron chi connectivity index (χ3n) is 3.87. The van der Waals surface area contributed by atoms with Crippen LogP contribution in [-0.2, 0) is 11.3 Å². The highest BCUT2D eigenvalue weighted by Gasteiger charge is 2.35. The number of nitrogens with two attached hydrogens (primary N) is 1. The lowest BCUT2D eigenvalue weighted by Crippen LogP contribution is -2.34. The summed E-state index contributed by atoms with van der Waals surface area (Å²) in [7, 11) is 0. The molecule has 0 spiro atoms. The van der Waals surface area contributed by atoms with E-state index in [1.165, 1.54) is 0 Å². The molecule has 1 saturated heterocycles. The van der Waals surface area contributed by atoms with Crippen LogP contribution in [0.25, 0.3) is 0 Å². The van der Waals surface area contributed by atoms with E-state index in [-0.39, 0.29) is 17.3 Å². The first-order valence-electron chi connectivity index (χ1n) is 7.01. The number of rotatable bonds is 3. The van der Waals surface area contributed by atoms with Gasteiger partial charge >= 0.3 is 5.69 Å². The van der Waals surface area contributed by atoms with Crippen molar-refractivity contribution in [1.82, 2.24) is 14.9 Å². The van der Waals surface area contributed by atoms with Crippen molar-refractivity contribution >= 4 is 11.7 Å². The molecule has 0 aliphatic carbocycles. The van der Waals surface area contributed by atoms with Gasteiger partial charge in [0.1, 0.15) is 5.82 Å². The highest BCUT2D eigenvalue weighted by Crippen LogP contribution is 2.33. The molecule has 2 heterocycles. The highest BCUT2D eigenvalue weighted by molar-refractivity contribution is 5.79. The molecule has 1 fully saturated rings. The summed E-state index contributed by atoms with van der Waals surface area (Å²) >= 11 is 0. The molecule has 22 heavy (non-hydrogen) atoms. The Morgan fingerprint density at radius 1 is 1.14 bits per heavy atom. The minimum Gasteiger partial charge on any atom is -0.385 e. The topological polar surface area (TPSA) is 112 Å². The third-order valence-corrected chi connectivity index (χ3v) is 3.87. The molecule has 2 aromatic rings. The molecule has 0 radical (unpaired) electrons. The maximum atomic E-state index is 12.2. The Balaban J connectivity index is 1.98. The van der Waals surface area contributed by atoms with Crippen molar-refractivity contribution in [2.24, 2.45) is 0 Å². The molecule has 3 rings (SSSR count). The first kappa shape index (κ1) is 14.1. The van der Waals surface area contributed by atoms with E-state index in [0.717, 1.165) is 5.56 Å². The second-order valence-corrected chi connectivity index (χ2v) is 5.30. The minimum atomic E-state index is -0.648. The van der Waals surface area contributed by atoms with E-state index in [1.807, 2.05) is 30.3 Å². The van der Waals surface area contributed by atoms with E-state index in [2.05, 4.69) is 9.97 Å². The Bertz CT molecular complexity index is 810. The average Bonchev–Trinajstić information content (AvgIpc) is 2.81. The fraction of sp³-hybridized carbons (Fsp3) is 0.267. The quantitative estimate of drug-likeness (QED) is 0.766. The van der Waals surface area contributed by atoms with Crippen LogP contribution in [0.3, 0.4) is 0 Å². The molecule has 1 unspecified atom stereocenters. The standard InChI is InChI=1S/C15H16N4O3/c16-13-12(14(21)18-15(22)17-13)10-6-7-11(20)19(10)8-9-4-2-1-3-5-9/h1-5,10H,6-8H2,(H4,16,17,18,21,22). The summed E-state index contributed by atoms with van der Waals surface area (Å²) in [4.78, 5) is 41.6. The maximum absolute atomic E-state index is 12.2. The average molecular weight is 300 g/mol. The summed E-state index contributed by atoms with van der Waals surface area (Å²) in [5.74, 6) is -0.00892. The van der Waals surface area contributed by atoms with Crippen LogP contribution < -0.4 is 17.0 Å². The van der Waals surface area contributed by atoms with Crippen molar-refractivity contribution in [2.45, 2.75) is 25.4 Å². The number of amides is 1. The highest BCUT2D eigenvalue weighted by atomic mass is 16.2. The SMILES string of the molecule is Nc1[nH]c(=O)[nH]c(=O)c1C1CCC(=O)N1Cc1ccccc1. The zero-order valence-electron chi connectivity index (χ0n) is 11.8. The van der Waals surface area contributed by atoms with Crippen LogP contribution in [0, 0.1) is 0 Å². The molecule has 1 aromatic heterocycles. The molecular formula is C15H16N4O3. The van der Waals surface area contributed by atoms with Crippen molar-refractivity contribution in [3.63, 3.8) is 0 Å². The van der Waals surface area contributed by atoms with Gasteiger partial charge in [-0.25, -0.2) is 4.79 Å². The molecular weight excluding hydrogens is 284 g/mol. The third kappa shape index (κ3) is 2.52. The van der Waals surface area contributed by atoms with Gasteiger partial charge in [-0.15, -0.1) is 0 Å². The number of aromatic amines is 2. The lowest BCUT2D eigenvalue weighted by atomic mass is 10.1. The van der Waals surface area contributed by atoms with Gasteiger partial charge in [0.15, 0.2) is 0 Å². The molecule has 1 atom stereocenters. The Kier molecular flexibility index (Phi) is 3.54. The number of carbonyl (C=O) groups is 1. The Morgan fingerprint density at radius 3 is 2.55 bits per heavy atom. The van der Waals surface area contributed by atoms with E-state index in [9.17, 15) is 14.4 Å². The number of carbonyl (C=O) groups excluding carboxylic acids is 1. The van der Waals surface area contributed by atoms with Gasteiger partial charge in [-0.1, -0.05) is 30.3 Å². The summed E-state index contributed by atoms with van der Waals surface area (Å²) in [6.45, 7) is 0.405. The van der Waals surface area contributed by atoms with Gasteiger partial charge in [-0.2, -0.15) is 0 Å². The van der Waals surface area contributed by atoms with Crippen LogP contribution in [0.15, 0.2) is 39.9 Å². The second kappa shape index (κ2) is 5.51. The molecule has 1 aromatic carbocycles. The number of hydrogen-bond donors (Lipinski definition) is 3. The Labute approximate surface area is 125 Å². The number of anilines is 1. The Hall–Kier alpha value is -2.83. The number of benzene rings is 1. The van der Waals surface area contributed by atoms with E-state index in [1.54, 1.807) is 4.90 Å². The number of hydrogen-bond acceptors (Lipinski definition) is 4. The van der Waals surface area contributed by atoms with Gasteiger partial charge in [0.2, 0.25) is 5.91 Å². The van der Waals surface area contributed by atoms with E-state index >= 15 is 0 Å². The zero-order chi connectivity index (χ0) is 15.7. The summed E-state index contributed by atoms with van der Waals surface area (Å²) in [6.07, 6.45) is 0.862. The molecule has 0 saturated carbocycles. The second-order valence-electron chi connectivity index (χ2n) is 5.30. The van der Waals surface area contributed by atoms with Crippen molar-refractivity contribution in [2.75, 3.05) is 5.73 Å². The van der Waals surface area contributed by atoms with Gasteiger partial charge in [0, 0.05) is 13.0 Å². The van der Waals surface area contributed by atoms with Gasteiger partial charge in [0.05, 0.1) is 11.6 Å². The smallest absolute Gasteiger partial charge is 0.327 e. The van der Waals surface area contributed by atoms with Crippen LogP contribution >= 0.6 is 0 Å². The van der Waals surface area contributed by atoms with Crippen LogP contribution in [-0.4, -0.2) is 20.8 Å². The monoisotopic (exact) mass is 300 g/mol. The fourth-order valence-corrected chi connectivity index (χ4v) is 2.86. The van der Waals surface area contributed by atoms with Gasteiger partial charge in [-0.3, -0.25) is 19.6 Å². The predicted molar refractivity (Wildman–Crippen MR) is 81.1 cm³/mol. The number of likely N-dealkylation sites (tertiary alicyclic amines) is 1. The Morgan fingerprint density at radius 2 is 1.86 bits per heavy atom. The molecule has 1 aliphatic rings. The van der Waals surface area contributed by atoms with E-state index in [0.29, 0.717) is 19.4 Å². The number of nitrogens with one attached hydrogen (secondary N) is 2. The minimum absolute atomic E-state index is 0.0199. The largest absolute Gasteiger partial charge is 0.385 e. The zero-order valence-corrected chi connectivity index (χ0v) is 11.8. The van der Waals surface area contributed by atoms with Crippen molar-refractivity contribution < 1.29 is 4.79 Å².